The molecule has 1 saturated heterocycles. The summed E-state index contributed by atoms with van der Waals surface area (Å²) in [6, 6.07) is 12.2. The first-order valence-electron chi connectivity index (χ1n) is 8.77. The lowest BCUT2D eigenvalue weighted by Crippen LogP contribution is -2.48. The lowest BCUT2D eigenvalue weighted by atomic mass is 10.2. The van der Waals surface area contributed by atoms with Crippen LogP contribution in [-0.2, 0) is 6.18 Å². The minimum atomic E-state index is -4.50. The summed E-state index contributed by atoms with van der Waals surface area (Å²) in [6.45, 7) is 4.76. The normalized spacial score (nSPS) is 15.6. The van der Waals surface area contributed by atoms with E-state index in [-0.39, 0.29) is 5.56 Å². The van der Waals surface area contributed by atoms with E-state index >= 15 is 0 Å². The van der Waals surface area contributed by atoms with Crippen LogP contribution >= 0.6 is 0 Å². The van der Waals surface area contributed by atoms with E-state index in [2.05, 4.69) is 32.2 Å². The van der Waals surface area contributed by atoms with Crippen LogP contribution in [0.1, 0.15) is 16.1 Å². The molecular formula is C19H21F3N4O. The average Bonchev–Trinajstić information content (AvgIpc) is 2.68. The average molecular weight is 378 g/mol. The van der Waals surface area contributed by atoms with Gasteiger partial charge in [0.2, 0.25) is 0 Å². The van der Waals surface area contributed by atoms with Crippen LogP contribution in [0.15, 0.2) is 48.7 Å². The Morgan fingerprint density at radius 3 is 2.33 bits per heavy atom. The number of piperazine rings is 1. The van der Waals surface area contributed by atoms with Gasteiger partial charge in [-0.3, -0.25) is 14.7 Å². The van der Waals surface area contributed by atoms with Crippen molar-refractivity contribution in [2.24, 2.45) is 0 Å². The van der Waals surface area contributed by atoms with Gasteiger partial charge in [0.05, 0.1) is 5.56 Å². The molecule has 3 rings (SSSR count). The maximum Gasteiger partial charge on any atom is 0.433 e. The van der Waals surface area contributed by atoms with E-state index in [1.807, 2.05) is 18.2 Å². The van der Waals surface area contributed by atoms with Gasteiger partial charge in [-0.05, 0) is 24.3 Å². The van der Waals surface area contributed by atoms with Gasteiger partial charge in [-0.15, -0.1) is 0 Å². The second-order valence-corrected chi connectivity index (χ2v) is 6.35. The summed E-state index contributed by atoms with van der Waals surface area (Å²) in [6.07, 6.45) is -3.55. The van der Waals surface area contributed by atoms with Crippen molar-refractivity contribution in [2.75, 3.05) is 44.2 Å². The Kier molecular flexibility index (Phi) is 5.95. The molecule has 0 radical (unpaired) electrons. The number of rotatable bonds is 5. The van der Waals surface area contributed by atoms with Gasteiger partial charge in [0.15, 0.2) is 0 Å². The summed E-state index contributed by atoms with van der Waals surface area (Å²) >= 11 is 0. The molecule has 1 aliphatic heterocycles. The topological polar surface area (TPSA) is 48.5 Å². The summed E-state index contributed by atoms with van der Waals surface area (Å²) in [5.41, 5.74) is 0.326. The highest BCUT2D eigenvalue weighted by atomic mass is 19.4. The molecule has 27 heavy (non-hydrogen) atoms. The molecule has 2 heterocycles. The summed E-state index contributed by atoms with van der Waals surface area (Å²) in [4.78, 5) is 19.9. The van der Waals surface area contributed by atoms with Crippen LogP contribution in [0.5, 0.6) is 0 Å². The van der Waals surface area contributed by atoms with Crippen LogP contribution in [0.3, 0.4) is 0 Å². The first-order chi connectivity index (χ1) is 12.9. The third-order valence-corrected chi connectivity index (χ3v) is 4.52. The van der Waals surface area contributed by atoms with Gasteiger partial charge in [0.1, 0.15) is 5.69 Å². The minimum Gasteiger partial charge on any atom is -0.369 e. The van der Waals surface area contributed by atoms with Crippen molar-refractivity contribution in [3.63, 3.8) is 0 Å². The van der Waals surface area contributed by atoms with Crippen LogP contribution in [0.4, 0.5) is 18.9 Å². The third-order valence-electron chi connectivity index (χ3n) is 4.52. The number of alkyl halides is 3. The number of pyridine rings is 1. The number of amides is 1. The van der Waals surface area contributed by atoms with Crippen molar-refractivity contribution in [3.05, 3.63) is 59.9 Å². The Morgan fingerprint density at radius 2 is 1.74 bits per heavy atom. The maximum atomic E-state index is 12.5. The van der Waals surface area contributed by atoms with E-state index < -0.39 is 17.8 Å². The monoisotopic (exact) mass is 378 g/mol. The second kappa shape index (κ2) is 8.39. The zero-order chi connectivity index (χ0) is 19.3. The highest BCUT2D eigenvalue weighted by molar-refractivity contribution is 5.93. The summed E-state index contributed by atoms with van der Waals surface area (Å²) in [5, 5.41) is 2.73. The van der Waals surface area contributed by atoms with Gasteiger partial charge in [0, 0.05) is 51.2 Å². The Labute approximate surface area is 155 Å². The molecular weight excluding hydrogens is 357 g/mol. The smallest absolute Gasteiger partial charge is 0.369 e. The summed E-state index contributed by atoms with van der Waals surface area (Å²) < 4.78 is 37.5. The number of nitrogens with one attached hydrogen (secondary N) is 1. The van der Waals surface area contributed by atoms with E-state index in [0.717, 1.165) is 44.5 Å². The zero-order valence-corrected chi connectivity index (χ0v) is 14.7. The number of hydrogen-bond donors (Lipinski definition) is 1. The predicted molar refractivity (Wildman–Crippen MR) is 96.7 cm³/mol. The number of benzene rings is 1. The quantitative estimate of drug-likeness (QED) is 0.869. The van der Waals surface area contributed by atoms with Gasteiger partial charge in [-0.1, -0.05) is 18.2 Å². The minimum absolute atomic E-state index is 0.122. The molecule has 1 amide bonds. The molecule has 5 nitrogen and oxygen atoms in total. The van der Waals surface area contributed by atoms with E-state index in [1.54, 1.807) is 0 Å². The molecule has 1 fully saturated rings. The van der Waals surface area contributed by atoms with Gasteiger partial charge in [-0.2, -0.15) is 13.2 Å². The van der Waals surface area contributed by atoms with Gasteiger partial charge >= 0.3 is 6.18 Å². The van der Waals surface area contributed by atoms with Crippen LogP contribution in [0.25, 0.3) is 0 Å². The van der Waals surface area contributed by atoms with E-state index in [4.69, 9.17) is 0 Å². The molecule has 144 valence electrons. The van der Waals surface area contributed by atoms with Crippen LogP contribution in [0, 0.1) is 0 Å². The van der Waals surface area contributed by atoms with Crippen LogP contribution in [-0.4, -0.2) is 55.1 Å². The summed E-state index contributed by atoms with van der Waals surface area (Å²) in [5.74, 6) is -0.417. The molecule has 1 aromatic carbocycles. The molecule has 0 saturated carbocycles. The van der Waals surface area contributed by atoms with Gasteiger partial charge in [-0.25, -0.2) is 0 Å². The van der Waals surface area contributed by atoms with Crippen LogP contribution < -0.4 is 10.2 Å². The van der Waals surface area contributed by atoms with Crippen molar-refractivity contribution in [2.45, 2.75) is 6.18 Å². The molecule has 2 aromatic rings. The Bertz CT molecular complexity index is 742. The zero-order valence-electron chi connectivity index (χ0n) is 14.7. The van der Waals surface area contributed by atoms with Gasteiger partial charge < -0.3 is 10.2 Å². The Morgan fingerprint density at radius 1 is 1.04 bits per heavy atom. The van der Waals surface area contributed by atoms with Crippen molar-refractivity contribution in [1.82, 2.24) is 15.2 Å². The number of hydrogen-bond acceptors (Lipinski definition) is 4. The molecule has 0 atom stereocenters. The number of halogens is 3. The lowest BCUT2D eigenvalue weighted by molar-refractivity contribution is -0.141. The fourth-order valence-corrected chi connectivity index (χ4v) is 2.99. The van der Waals surface area contributed by atoms with Crippen molar-refractivity contribution in [3.8, 4) is 0 Å². The van der Waals surface area contributed by atoms with Crippen LogP contribution in [0.2, 0.25) is 0 Å². The van der Waals surface area contributed by atoms with Crippen molar-refractivity contribution in [1.29, 1.82) is 0 Å². The lowest BCUT2D eigenvalue weighted by Gasteiger charge is -2.36. The first kappa shape index (κ1) is 19.2. The highest BCUT2D eigenvalue weighted by Gasteiger charge is 2.32. The van der Waals surface area contributed by atoms with E-state index in [9.17, 15) is 18.0 Å². The number of carbonyl (C=O) groups is 1. The third kappa shape index (κ3) is 5.19. The summed E-state index contributed by atoms with van der Waals surface area (Å²) in [7, 11) is 0. The fourth-order valence-electron chi connectivity index (χ4n) is 2.99. The predicted octanol–water partition coefficient (Wildman–Crippen LogP) is 2.65. The molecule has 8 heteroatoms. The highest BCUT2D eigenvalue weighted by Crippen LogP contribution is 2.27. The fraction of sp³-hybridized carbons (Fsp3) is 0.368. The maximum absolute atomic E-state index is 12.5. The molecule has 0 unspecified atom stereocenters. The van der Waals surface area contributed by atoms with E-state index in [0.29, 0.717) is 13.1 Å². The van der Waals surface area contributed by atoms with Gasteiger partial charge in [0.25, 0.3) is 5.91 Å². The number of para-hydroxylation sites is 1. The first-order valence-corrected chi connectivity index (χ1v) is 8.77. The molecule has 1 N–H and O–H groups in total. The second-order valence-electron chi connectivity index (χ2n) is 6.35. The van der Waals surface area contributed by atoms with Crippen molar-refractivity contribution < 1.29 is 18.0 Å². The van der Waals surface area contributed by atoms with E-state index in [1.165, 1.54) is 5.69 Å². The number of nitrogens with zero attached hydrogens (tertiary/aromatic N) is 3. The number of anilines is 1. The standard InChI is InChI=1S/C19H21F3N4O/c20-19(21,22)17-7-6-15(14-24-17)18(27)23-8-9-25-10-12-26(13-11-25)16-4-2-1-3-5-16/h1-7,14H,8-13H2,(H,23,27). The number of carbonyl (C=O) groups excluding carboxylic acids is 1. The Balaban J connectivity index is 1.41. The van der Waals surface area contributed by atoms with Crippen molar-refractivity contribution >= 4 is 11.6 Å². The molecule has 0 spiro atoms. The Hall–Kier alpha value is -2.61. The number of aromatic nitrogens is 1. The molecule has 1 aliphatic rings. The molecule has 0 bridgehead atoms. The largest absolute Gasteiger partial charge is 0.433 e. The SMILES string of the molecule is O=C(NCCN1CCN(c2ccccc2)CC1)c1ccc(C(F)(F)F)nc1. The molecule has 1 aromatic heterocycles. The molecule has 0 aliphatic carbocycles.